The molecular formula is C13H26N2O3. The van der Waals surface area contributed by atoms with Crippen LogP contribution < -0.4 is 10.6 Å². The summed E-state index contributed by atoms with van der Waals surface area (Å²) >= 11 is 0. The standard InChI is InChI=1S/C13H26N2O3/c1-9(2)8-10(11(16)17)15-12(18)14-7-6-13(3,4)5/h9-10H,6-8H2,1-5H3,(H,16,17)(H2,14,15,18)/t10-/m1/s1. The lowest BCUT2D eigenvalue weighted by atomic mass is 9.92. The Balaban J connectivity index is 4.07. The number of carboxylic acid groups (broad SMARTS) is 1. The summed E-state index contributed by atoms with van der Waals surface area (Å²) in [6.07, 6.45) is 1.28. The maximum Gasteiger partial charge on any atom is 0.326 e. The van der Waals surface area contributed by atoms with Crippen LogP contribution in [0.4, 0.5) is 4.79 Å². The number of carboxylic acids is 1. The smallest absolute Gasteiger partial charge is 0.326 e. The fourth-order valence-electron chi connectivity index (χ4n) is 1.45. The van der Waals surface area contributed by atoms with Gasteiger partial charge in [0.05, 0.1) is 0 Å². The van der Waals surface area contributed by atoms with Gasteiger partial charge in [-0.05, 0) is 24.2 Å². The van der Waals surface area contributed by atoms with Gasteiger partial charge in [0.2, 0.25) is 0 Å². The molecule has 2 amide bonds. The van der Waals surface area contributed by atoms with Gasteiger partial charge >= 0.3 is 12.0 Å². The zero-order valence-corrected chi connectivity index (χ0v) is 12.0. The van der Waals surface area contributed by atoms with Gasteiger partial charge in [0.25, 0.3) is 0 Å². The van der Waals surface area contributed by atoms with Crippen LogP contribution in [-0.2, 0) is 4.79 Å². The summed E-state index contributed by atoms with van der Waals surface area (Å²) in [6.45, 7) is 10.7. The number of hydrogen-bond donors (Lipinski definition) is 3. The SMILES string of the molecule is CC(C)C[C@@H](NC(=O)NCCC(C)(C)C)C(=O)O. The summed E-state index contributed by atoms with van der Waals surface area (Å²) in [4.78, 5) is 22.5. The van der Waals surface area contributed by atoms with Crippen LogP contribution >= 0.6 is 0 Å². The van der Waals surface area contributed by atoms with Crippen molar-refractivity contribution in [3.63, 3.8) is 0 Å². The van der Waals surface area contributed by atoms with Crippen LogP contribution in [0.2, 0.25) is 0 Å². The molecule has 1 atom stereocenters. The highest BCUT2D eigenvalue weighted by molar-refractivity contribution is 5.82. The third-order valence-electron chi connectivity index (χ3n) is 2.47. The average Bonchev–Trinajstić information content (AvgIpc) is 2.13. The van der Waals surface area contributed by atoms with Gasteiger partial charge in [-0.25, -0.2) is 9.59 Å². The van der Waals surface area contributed by atoms with Gasteiger partial charge in [-0.3, -0.25) is 0 Å². The Bertz CT molecular complexity index is 282. The second-order valence-corrected chi connectivity index (χ2v) is 6.23. The molecule has 0 radical (unpaired) electrons. The van der Waals surface area contributed by atoms with Crippen LogP contribution in [0.25, 0.3) is 0 Å². The van der Waals surface area contributed by atoms with E-state index < -0.39 is 18.0 Å². The molecule has 5 heteroatoms. The Morgan fingerprint density at radius 3 is 2.17 bits per heavy atom. The molecule has 0 saturated carbocycles. The molecule has 0 aromatic heterocycles. The number of carbonyl (C=O) groups is 2. The second kappa shape index (κ2) is 7.24. The fraction of sp³-hybridized carbons (Fsp3) is 0.846. The first-order chi connectivity index (χ1) is 8.11. The Morgan fingerprint density at radius 2 is 1.78 bits per heavy atom. The Hall–Kier alpha value is -1.26. The van der Waals surface area contributed by atoms with Crippen molar-refractivity contribution < 1.29 is 14.7 Å². The summed E-state index contributed by atoms with van der Waals surface area (Å²) in [5.41, 5.74) is 0.150. The van der Waals surface area contributed by atoms with Crippen molar-refractivity contribution in [2.24, 2.45) is 11.3 Å². The summed E-state index contributed by atoms with van der Waals surface area (Å²) < 4.78 is 0. The highest BCUT2D eigenvalue weighted by Crippen LogP contribution is 2.16. The average molecular weight is 258 g/mol. The van der Waals surface area contributed by atoms with Gasteiger partial charge in [-0.2, -0.15) is 0 Å². The van der Waals surface area contributed by atoms with Crippen molar-refractivity contribution in [1.82, 2.24) is 10.6 Å². The molecule has 18 heavy (non-hydrogen) atoms. The second-order valence-electron chi connectivity index (χ2n) is 6.23. The molecule has 0 spiro atoms. The Morgan fingerprint density at radius 1 is 1.22 bits per heavy atom. The molecule has 0 aromatic carbocycles. The van der Waals surface area contributed by atoms with Crippen molar-refractivity contribution >= 4 is 12.0 Å². The molecule has 0 bridgehead atoms. The third kappa shape index (κ3) is 8.84. The van der Waals surface area contributed by atoms with Crippen LogP contribution in [0.1, 0.15) is 47.5 Å². The summed E-state index contributed by atoms with van der Waals surface area (Å²) in [7, 11) is 0. The van der Waals surface area contributed by atoms with E-state index in [1.807, 2.05) is 13.8 Å². The minimum Gasteiger partial charge on any atom is -0.480 e. The first-order valence-electron chi connectivity index (χ1n) is 6.39. The number of hydrogen-bond acceptors (Lipinski definition) is 2. The molecule has 0 aromatic rings. The lowest BCUT2D eigenvalue weighted by Gasteiger charge is -2.20. The lowest BCUT2D eigenvalue weighted by molar-refractivity contribution is -0.139. The van der Waals surface area contributed by atoms with Crippen molar-refractivity contribution in [1.29, 1.82) is 0 Å². The molecule has 3 N–H and O–H groups in total. The molecule has 0 aliphatic carbocycles. The van der Waals surface area contributed by atoms with Gasteiger partial charge in [-0.1, -0.05) is 34.6 Å². The van der Waals surface area contributed by atoms with E-state index in [1.165, 1.54) is 0 Å². The van der Waals surface area contributed by atoms with E-state index in [0.29, 0.717) is 13.0 Å². The third-order valence-corrected chi connectivity index (χ3v) is 2.47. The highest BCUT2D eigenvalue weighted by atomic mass is 16.4. The highest BCUT2D eigenvalue weighted by Gasteiger charge is 2.21. The predicted molar refractivity (Wildman–Crippen MR) is 71.5 cm³/mol. The maximum absolute atomic E-state index is 11.5. The van der Waals surface area contributed by atoms with Gasteiger partial charge in [-0.15, -0.1) is 0 Å². The number of urea groups is 1. The van der Waals surface area contributed by atoms with Gasteiger partial charge in [0.15, 0.2) is 0 Å². The van der Waals surface area contributed by atoms with E-state index in [9.17, 15) is 9.59 Å². The van der Waals surface area contributed by atoms with E-state index in [-0.39, 0.29) is 11.3 Å². The molecule has 5 nitrogen and oxygen atoms in total. The molecule has 0 fully saturated rings. The van der Waals surface area contributed by atoms with Crippen molar-refractivity contribution in [3.05, 3.63) is 0 Å². The number of aliphatic carboxylic acids is 1. The number of amides is 2. The molecular weight excluding hydrogens is 232 g/mol. The van der Waals surface area contributed by atoms with E-state index >= 15 is 0 Å². The van der Waals surface area contributed by atoms with Crippen LogP contribution in [0.15, 0.2) is 0 Å². The monoisotopic (exact) mass is 258 g/mol. The number of nitrogens with one attached hydrogen (secondary N) is 2. The van der Waals surface area contributed by atoms with Crippen molar-refractivity contribution in [2.75, 3.05) is 6.54 Å². The van der Waals surface area contributed by atoms with E-state index in [4.69, 9.17) is 5.11 Å². The quantitative estimate of drug-likeness (QED) is 0.683. The predicted octanol–water partition coefficient (Wildman–Crippen LogP) is 2.22. The Labute approximate surface area is 109 Å². The summed E-state index contributed by atoms with van der Waals surface area (Å²) in [5.74, 6) is -0.768. The first kappa shape index (κ1) is 16.7. The first-order valence-corrected chi connectivity index (χ1v) is 6.39. The Kier molecular flexibility index (Phi) is 6.73. The van der Waals surface area contributed by atoms with Crippen LogP contribution in [0, 0.1) is 11.3 Å². The van der Waals surface area contributed by atoms with Gasteiger partial charge < -0.3 is 15.7 Å². The largest absolute Gasteiger partial charge is 0.480 e. The van der Waals surface area contributed by atoms with Crippen molar-refractivity contribution in [2.45, 2.75) is 53.5 Å². The minimum absolute atomic E-state index is 0.150. The molecule has 0 rings (SSSR count). The fourth-order valence-corrected chi connectivity index (χ4v) is 1.45. The zero-order valence-electron chi connectivity index (χ0n) is 12.0. The van der Waals surface area contributed by atoms with E-state index in [0.717, 1.165) is 6.42 Å². The van der Waals surface area contributed by atoms with Gasteiger partial charge in [0, 0.05) is 6.54 Å². The number of rotatable bonds is 6. The van der Waals surface area contributed by atoms with Crippen LogP contribution in [-0.4, -0.2) is 29.7 Å². The molecule has 106 valence electrons. The summed E-state index contributed by atoms with van der Waals surface area (Å²) in [6, 6.07) is -1.23. The lowest BCUT2D eigenvalue weighted by Crippen LogP contribution is -2.47. The molecule has 0 aliphatic rings. The molecule has 0 heterocycles. The van der Waals surface area contributed by atoms with Crippen molar-refractivity contribution in [3.8, 4) is 0 Å². The van der Waals surface area contributed by atoms with Crippen LogP contribution in [0.3, 0.4) is 0 Å². The molecule has 0 saturated heterocycles. The molecule has 0 aliphatic heterocycles. The number of carbonyl (C=O) groups excluding carboxylic acids is 1. The minimum atomic E-state index is -0.991. The van der Waals surface area contributed by atoms with Crippen LogP contribution in [0.5, 0.6) is 0 Å². The normalized spacial score (nSPS) is 13.2. The van der Waals surface area contributed by atoms with Gasteiger partial charge in [0.1, 0.15) is 6.04 Å². The zero-order chi connectivity index (χ0) is 14.3. The van der Waals surface area contributed by atoms with E-state index in [2.05, 4.69) is 31.4 Å². The maximum atomic E-state index is 11.5. The topological polar surface area (TPSA) is 78.4 Å². The summed E-state index contributed by atoms with van der Waals surface area (Å²) in [5, 5.41) is 14.2. The molecule has 0 unspecified atom stereocenters. The van der Waals surface area contributed by atoms with E-state index in [1.54, 1.807) is 0 Å².